The highest BCUT2D eigenvalue weighted by Gasteiger charge is 2.41. The standard InChI is InChI=1S/C24H23N3O5/c28-22(9-7-17-6-8-20-21(14-17)32-16-31-20)25-12-10-18(11-13-25)26-15-23(29)27(24(26)30)19-4-2-1-3-5-19/h1-9,14,18H,10-13,15-16H2/b9-7+. The number of carbonyl (C=O) groups is 3. The van der Waals surface area contributed by atoms with Crippen molar-refractivity contribution in [3.63, 3.8) is 0 Å². The Morgan fingerprint density at radius 1 is 0.969 bits per heavy atom. The molecule has 2 aromatic carbocycles. The maximum absolute atomic E-state index is 12.9. The summed E-state index contributed by atoms with van der Waals surface area (Å²) in [6, 6.07) is 14.2. The van der Waals surface area contributed by atoms with Crippen molar-refractivity contribution in [2.45, 2.75) is 18.9 Å². The van der Waals surface area contributed by atoms with Crippen LogP contribution in [0.3, 0.4) is 0 Å². The first-order valence-electron chi connectivity index (χ1n) is 10.7. The Bertz CT molecular complexity index is 1080. The minimum Gasteiger partial charge on any atom is -0.454 e. The van der Waals surface area contributed by atoms with Gasteiger partial charge in [0.15, 0.2) is 11.5 Å². The molecular weight excluding hydrogens is 410 g/mol. The molecule has 0 aliphatic carbocycles. The van der Waals surface area contributed by atoms with E-state index in [1.165, 1.54) is 4.90 Å². The van der Waals surface area contributed by atoms with Gasteiger partial charge in [0, 0.05) is 25.2 Å². The van der Waals surface area contributed by atoms with E-state index in [4.69, 9.17) is 9.47 Å². The van der Waals surface area contributed by atoms with Crippen LogP contribution in [0.15, 0.2) is 54.6 Å². The number of carbonyl (C=O) groups excluding carboxylic acids is 3. The number of amides is 4. The van der Waals surface area contributed by atoms with Gasteiger partial charge in [-0.3, -0.25) is 9.59 Å². The summed E-state index contributed by atoms with van der Waals surface area (Å²) in [5.74, 6) is 1.09. The van der Waals surface area contributed by atoms with Crippen LogP contribution >= 0.6 is 0 Å². The summed E-state index contributed by atoms with van der Waals surface area (Å²) < 4.78 is 10.7. The van der Waals surface area contributed by atoms with Crippen molar-refractivity contribution in [1.29, 1.82) is 0 Å². The first kappa shape index (κ1) is 20.1. The van der Waals surface area contributed by atoms with Gasteiger partial charge in [0.1, 0.15) is 6.54 Å². The summed E-state index contributed by atoms with van der Waals surface area (Å²) in [4.78, 5) is 42.6. The molecule has 0 N–H and O–H groups in total. The van der Waals surface area contributed by atoms with Crippen LogP contribution in [0.5, 0.6) is 11.5 Å². The number of anilines is 1. The molecule has 2 saturated heterocycles. The Labute approximate surface area is 185 Å². The number of ether oxygens (including phenoxy) is 2. The maximum atomic E-state index is 12.9. The molecule has 2 fully saturated rings. The summed E-state index contributed by atoms with van der Waals surface area (Å²) in [5.41, 5.74) is 1.45. The van der Waals surface area contributed by atoms with E-state index in [2.05, 4.69) is 0 Å². The van der Waals surface area contributed by atoms with Crippen LogP contribution < -0.4 is 14.4 Å². The molecule has 32 heavy (non-hydrogen) atoms. The molecule has 0 spiro atoms. The van der Waals surface area contributed by atoms with E-state index in [9.17, 15) is 14.4 Å². The summed E-state index contributed by atoms with van der Waals surface area (Å²) in [5, 5.41) is 0. The van der Waals surface area contributed by atoms with Crippen molar-refractivity contribution in [3.8, 4) is 11.5 Å². The topological polar surface area (TPSA) is 79.4 Å². The second-order valence-electron chi connectivity index (χ2n) is 7.98. The molecular formula is C24H23N3O5. The highest BCUT2D eigenvalue weighted by molar-refractivity contribution is 6.19. The lowest BCUT2D eigenvalue weighted by Crippen LogP contribution is -2.47. The van der Waals surface area contributed by atoms with E-state index in [1.807, 2.05) is 24.3 Å². The molecule has 0 radical (unpaired) electrons. The minimum atomic E-state index is -0.284. The van der Waals surface area contributed by atoms with Crippen LogP contribution in [0.25, 0.3) is 6.08 Å². The van der Waals surface area contributed by atoms with Gasteiger partial charge in [-0.25, -0.2) is 9.69 Å². The number of hydrogen-bond donors (Lipinski definition) is 0. The zero-order valence-electron chi connectivity index (χ0n) is 17.5. The van der Waals surface area contributed by atoms with Crippen LogP contribution in [0, 0.1) is 0 Å². The quantitative estimate of drug-likeness (QED) is 0.547. The number of urea groups is 1. The SMILES string of the molecule is O=C(/C=C/c1ccc2c(c1)OCO2)N1CCC(N2CC(=O)N(c3ccccc3)C2=O)CC1. The molecule has 0 saturated carbocycles. The molecule has 3 aliphatic rings. The summed E-state index contributed by atoms with van der Waals surface area (Å²) in [6.07, 6.45) is 4.60. The lowest BCUT2D eigenvalue weighted by atomic mass is 10.0. The van der Waals surface area contributed by atoms with Crippen molar-refractivity contribution in [1.82, 2.24) is 9.80 Å². The number of benzene rings is 2. The third kappa shape index (κ3) is 3.79. The first-order valence-corrected chi connectivity index (χ1v) is 10.7. The molecule has 0 atom stereocenters. The number of piperidine rings is 1. The second-order valence-corrected chi connectivity index (χ2v) is 7.98. The van der Waals surface area contributed by atoms with Gasteiger partial charge in [-0.15, -0.1) is 0 Å². The molecule has 3 aliphatic heterocycles. The van der Waals surface area contributed by atoms with E-state index < -0.39 is 0 Å². The highest BCUT2D eigenvalue weighted by Crippen LogP contribution is 2.33. The minimum absolute atomic E-state index is 0.0537. The molecule has 0 aromatic heterocycles. The lowest BCUT2D eigenvalue weighted by Gasteiger charge is -2.35. The van der Waals surface area contributed by atoms with Crippen LogP contribution in [0.4, 0.5) is 10.5 Å². The Morgan fingerprint density at radius 3 is 2.50 bits per heavy atom. The average Bonchev–Trinajstić information content (AvgIpc) is 3.41. The van der Waals surface area contributed by atoms with Crippen LogP contribution in [-0.4, -0.2) is 60.1 Å². The molecule has 2 aromatic rings. The number of para-hydroxylation sites is 1. The van der Waals surface area contributed by atoms with Gasteiger partial charge in [0.25, 0.3) is 5.91 Å². The smallest absolute Gasteiger partial charge is 0.332 e. The summed E-state index contributed by atoms with van der Waals surface area (Å²) in [6.45, 7) is 1.37. The predicted octanol–water partition coefficient (Wildman–Crippen LogP) is 2.89. The third-order valence-corrected chi connectivity index (χ3v) is 6.04. The molecule has 0 bridgehead atoms. The number of likely N-dealkylation sites (tertiary alicyclic amines) is 1. The fourth-order valence-electron chi connectivity index (χ4n) is 4.32. The van der Waals surface area contributed by atoms with Crippen LogP contribution in [0.2, 0.25) is 0 Å². The molecule has 5 rings (SSSR count). The Kier molecular flexibility index (Phi) is 5.26. The molecule has 0 unspecified atom stereocenters. The van der Waals surface area contributed by atoms with Crippen molar-refractivity contribution >= 4 is 29.6 Å². The monoisotopic (exact) mass is 433 g/mol. The first-order chi connectivity index (χ1) is 15.6. The van der Waals surface area contributed by atoms with E-state index in [0.29, 0.717) is 43.1 Å². The summed E-state index contributed by atoms with van der Waals surface area (Å²) >= 11 is 0. The molecule has 8 heteroatoms. The van der Waals surface area contributed by atoms with Crippen molar-refractivity contribution < 1.29 is 23.9 Å². The van der Waals surface area contributed by atoms with Gasteiger partial charge >= 0.3 is 6.03 Å². The van der Waals surface area contributed by atoms with Crippen molar-refractivity contribution in [2.24, 2.45) is 0 Å². The second kappa shape index (κ2) is 8.37. The number of hydrogen-bond acceptors (Lipinski definition) is 5. The summed E-state index contributed by atoms with van der Waals surface area (Å²) in [7, 11) is 0. The van der Waals surface area contributed by atoms with Gasteiger partial charge in [-0.2, -0.15) is 0 Å². The zero-order chi connectivity index (χ0) is 22.1. The largest absolute Gasteiger partial charge is 0.454 e. The number of imide groups is 1. The molecule has 8 nitrogen and oxygen atoms in total. The third-order valence-electron chi connectivity index (χ3n) is 6.04. The molecule has 4 amide bonds. The predicted molar refractivity (Wildman–Crippen MR) is 117 cm³/mol. The maximum Gasteiger partial charge on any atom is 0.332 e. The number of fused-ring (bicyclic) bond motifs is 1. The van der Waals surface area contributed by atoms with Gasteiger partial charge in [-0.1, -0.05) is 24.3 Å². The van der Waals surface area contributed by atoms with Gasteiger partial charge < -0.3 is 19.3 Å². The average molecular weight is 433 g/mol. The van der Waals surface area contributed by atoms with Gasteiger partial charge in [-0.05, 0) is 48.7 Å². The fourth-order valence-corrected chi connectivity index (χ4v) is 4.32. The molecule has 164 valence electrons. The fraction of sp³-hybridized carbons (Fsp3) is 0.292. The van der Waals surface area contributed by atoms with E-state index in [-0.39, 0.29) is 37.2 Å². The van der Waals surface area contributed by atoms with Crippen molar-refractivity contribution in [2.75, 3.05) is 31.3 Å². The van der Waals surface area contributed by atoms with Crippen LogP contribution in [-0.2, 0) is 9.59 Å². The van der Waals surface area contributed by atoms with Crippen LogP contribution in [0.1, 0.15) is 18.4 Å². The number of nitrogens with zero attached hydrogens (tertiary/aromatic N) is 3. The van der Waals surface area contributed by atoms with E-state index >= 15 is 0 Å². The van der Waals surface area contributed by atoms with E-state index in [0.717, 1.165) is 5.56 Å². The Balaban J connectivity index is 1.18. The Morgan fingerprint density at radius 2 is 1.72 bits per heavy atom. The lowest BCUT2D eigenvalue weighted by molar-refractivity contribution is -0.127. The zero-order valence-corrected chi connectivity index (χ0v) is 17.5. The Hall–Kier alpha value is -3.81. The molecule has 3 heterocycles. The van der Waals surface area contributed by atoms with Gasteiger partial charge in [0.05, 0.1) is 5.69 Å². The highest BCUT2D eigenvalue weighted by atomic mass is 16.7. The van der Waals surface area contributed by atoms with Gasteiger partial charge in [0.2, 0.25) is 12.7 Å². The van der Waals surface area contributed by atoms with E-state index in [1.54, 1.807) is 46.2 Å². The normalized spacial score (nSPS) is 18.8. The number of rotatable bonds is 4. The van der Waals surface area contributed by atoms with Crippen molar-refractivity contribution in [3.05, 3.63) is 60.2 Å².